The second-order valence-corrected chi connectivity index (χ2v) is 3.65. The molecule has 2 rings (SSSR count). The van der Waals surface area contributed by atoms with Crippen molar-refractivity contribution in [2.24, 2.45) is 0 Å². The van der Waals surface area contributed by atoms with Gasteiger partial charge in [0.15, 0.2) is 0 Å². The summed E-state index contributed by atoms with van der Waals surface area (Å²) in [5, 5.41) is 8.95. The van der Waals surface area contributed by atoms with Crippen LogP contribution in [0.2, 0.25) is 0 Å². The molecule has 0 bridgehead atoms. The first-order valence-corrected chi connectivity index (χ1v) is 5.47. The number of hydrogen-bond donors (Lipinski definition) is 1. The summed E-state index contributed by atoms with van der Waals surface area (Å²) < 4.78 is 5.59. The summed E-state index contributed by atoms with van der Waals surface area (Å²) in [4.78, 5) is 2.21. The lowest BCUT2D eigenvalue weighted by Crippen LogP contribution is -2.23. The average molecular weight is 207 g/mol. The molecular weight excluding hydrogens is 190 g/mol. The number of β-amino-alcohol motifs (C(OH)–C–C–N with tert-alkyl or cyclic N) is 1. The van der Waals surface area contributed by atoms with E-state index in [0.717, 1.165) is 18.7 Å². The minimum atomic E-state index is 0.207. The third-order valence-corrected chi connectivity index (χ3v) is 2.75. The minimum absolute atomic E-state index is 0.207. The van der Waals surface area contributed by atoms with E-state index < -0.39 is 0 Å². The minimum Gasteiger partial charge on any atom is -0.494 e. The summed E-state index contributed by atoms with van der Waals surface area (Å²) in [5.41, 5.74) is 2.50. The van der Waals surface area contributed by atoms with Gasteiger partial charge in [-0.15, -0.1) is 0 Å². The molecule has 1 N–H and O–H groups in total. The predicted octanol–water partition coefficient (Wildman–Crippen LogP) is 1.44. The normalized spacial score (nSPS) is 14.1. The van der Waals surface area contributed by atoms with Crippen molar-refractivity contribution < 1.29 is 9.84 Å². The van der Waals surface area contributed by atoms with Crippen LogP contribution in [0.5, 0.6) is 5.75 Å². The highest BCUT2D eigenvalue weighted by Crippen LogP contribution is 2.34. The van der Waals surface area contributed by atoms with E-state index in [1.54, 1.807) is 0 Å². The number of aliphatic hydroxyl groups excluding tert-OH is 1. The van der Waals surface area contributed by atoms with E-state index in [9.17, 15) is 0 Å². The highest BCUT2D eigenvalue weighted by molar-refractivity contribution is 5.63. The van der Waals surface area contributed by atoms with E-state index in [-0.39, 0.29) is 6.61 Å². The van der Waals surface area contributed by atoms with Gasteiger partial charge in [-0.1, -0.05) is 6.07 Å². The fourth-order valence-electron chi connectivity index (χ4n) is 2.11. The first kappa shape index (κ1) is 10.3. The molecule has 15 heavy (non-hydrogen) atoms. The highest BCUT2D eigenvalue weighted by Gasteiger charge is 2.21. The molecule has 3 heteroatoms. The molecule has 0 spiro atoms. The summed E-state index contributed by atoms with van der Waals surface area (Å²) in [5.74, 6) is 0.996. The number of nitrogens with zero attached hydrogens (tertiary/aromatic N) is 1. The molecule has 0 amide bonds. The number of rotatable bonds is 4. The van der Waals surface area contributed by atoms with E-state index in [4.69, 9.17) is 9.84 Å². The van der Waals surface area contributed by atoms with Crippen molar-refractivity contribution in [3.05, 3.63) is 23.8 Å². The Morgan fingerprint density at radius 3 is 3.07 bits per heavy atom. The van der Waals surface area contributed by atoms with Gasteiger partial charge < -0.3 is 14.7 Å². The summed E-state index contributed by atoms with van der Waals surface area (Å²) >= 11 is 0. The maximum Gasteiger partial charge on any atom is 0.124 e. The van der Waals surface area contributed by atoms with E-state index in [2.05, 4.69) is 11.0 Å². The third-order valence-electron chi connectivity index (χ3n) is 2.75. The van der Waals surface area contributed by atoms with Gasteiger partial charge in [0, 0.05) is 24.3 Å². The number of benzene rings is 1. The van der Waals surface area contributed by atoms with Crippen LogP contribution in [0.3, 0.4) is 0 Å². The largest absolute Gasteiger partial charge is 0.494 e. The van der Waals surface area contributed by atoms with Crippen molar-refractivity contribution >= 4 is 5.69 Å². The van der Waals surface area contributed by atoms with Crippen LogP contribution in [0.15, 0.2) is 18.2 Å². The van der Waals surface area contributed by atoms with Crippen LogP contribution >= 0.6 is 0 Å². The van der Waals surface area contributed by atoms with Gasteiger partial charge in [-0.05, 0) is 25.5 Å². The van der Waals surface area contributed by atoms with Gasteiger partial charge in [-0.3, -0.25) is 0 Å². The van der Waals surface area contributed by atoms with Gasteiger partial charge >= 0.3 is 0 Å². The van der Waals surface area contributed by atoms with E-state index in [1.807, 2.05) is 19.1 Å². The van der Waals surface area contributed by atoms with Crippen molar-refractivity contribution in [3.8, 4) is 5.75 Å². The van der Waals surface area contributed by atoms with Crippen LogP contribution in [0.4, 0.5) is 5.69 Å². The van der Waals surface area contributed by atoms with Crippen molar-refractivity contribution in [3.63, 3.8) is 0 Å². The molecule has 1 aliphatic rings. The van der Waals surface area contributed by atoms with Crippen LogP contribution in [-0.2, 0) is 6.42 Å². The Labute approximate surface area is 90.3 Å². The number of aliphatic hydroxyl groups is 1. The summed E-state index contributed by atoms with van der Waals surface area (Å²) in [6.45, 7) is 4.61. The molecule has 0 radical (unpaired) electrons. The second kappa shape index (κ2) is 4.53. The van der Waals surface area contributed by atoms with Crippen LogP contribution in [0.1, 0.15) is 12.5 Å². The lowest BCUT2D eigenvalue weighted by Gasteiger charge is -2.18. The molecule has 0 saturated heterocycles. The van der Waals surface area contributed by atoms with Crippen LogP contribution in [0.25, 0.3) is 0 Å². The highest BCUT2D eigenvalue weighted by atomic mass is 16.5. The molecule has 1 heterocycles. The fourth-order valence-corrected chi connectivity index (χ4v) is 2.11. The van der Waals surface area contributed by atoms with E-state index in [1.165, 1.54) is 11.3 Å². The number of fused-ring (bicyclic) bond motifs is 1. The lowest BCUT2D eigenvalue weighted by molar-refractivity contribution is 0.303. The van der Waals surface area contributed by atoms with Crippen molar-refractivity contribution in [2.45, 2.75) is 13.3 Å². The Kier molecular flexibility index (Phi) is 3.11. The first-order chi connectivity index (χ1) is 7.36. The monoisotopic (exact) mass is 207 g/mol. The standard InChI is InChI=1S/C12H17NO2/c1-2-15-12-5-3-4-11-10(12)6-7-13(11)8-9-14/h3-5,14H,2,6-9H2,1H3. The quantitative estimate of drug-likeness (QED) is 0.811. The van der Waals surface area contributed by atoms with Crippen LogP contribution in [-0.4, -0.2) is 31.4 Å². The zero-order valence-corrected chi connectivity index (χ0v) is 9.07. The molecule has 0 fully saturated rings. The Hall–Kier alpha value is -1.22. The molecule has 0 saturated carbocycles. The number of hydrogen-bond acceptors (Lipinski definition) is 3. The van der Waals surface area contributed by atoms with Gasteiger partial charge in [0.05, 0.1) is 13.2 Å². The molecule has 1 aromatic carbocycles. The summed E-state index contributed by atoms with van der Waals surface area (Å²) in [6, 6.07) is 6.13. The molecule has 0 atom stereocenters. The van der Waals surface area contributed by atoms with Gasteiger partial charge in [0.25, 0.3) is 0 Å². The average Bonchev–Trinajstić information content (AvgIpc) is 2.64. The maximum absolute atomic E-state index is 8.95. The molecule has 0 unspecified atom stereocenters. The SMILES string of the molecule is CCOc1cccc2c1CCN2CCO. The Balaban J connectivity index is 2.26. The zero-order chi connectivity index (χ0) is 10.7. The number of ether oxygens (including phenoxy) is 1. The summed E-state index contributed by atoms with van der Waals surface area (Å²) in [7, 11) is 0. The molecule has 1 aliphatic heterocycles. The first-order valence-electron chi connectivity index (χ1n) is 5.47. The Bertz CT molecular complexity index is 338. The molecule has 0 aliphatic carbocycles. The molecule has 3 nitrogen and oxygen atoms in total. The zero-order valence-electron chi connectivity index (χ0n) is 9.07. The Morgan fingerprint density at radius 1 is 1.47 bits per heavy atom. The predicted molar refractivity (Wildman–Crippen MR) is 60.6 cm³/mol. The molecular formula is C12H17NO2. The Morgan fingerprint density at radius 2 is 2.33 bits per heavy atom. The molecule has 1 aromatic rings. The van der Waals surface area contributed by atoms with E-state index in [0.29, 0.717) is 13.2 Å². The fraction of sp³-hybridized carbons (Fsp3) is 0.500. The van der Waals surface area contributed by atoms with Gasteiger partial charge in [0.1, 0.15) is 5.75 Å². The van der Waals surface area contributed by atoms with Crippen molar-refractivity contribution in [1.29, 1.82) is 0 Å². The van der Waals surface area contributed by atoms with Crippen LogP contribution in [0, 0.1) is 0 Å². The smallest absolute Gasteiger partial charge is 0.124 e. The van der Waals surface area contributed by atoms with Crippen LogP contribution < -0.4 is 9.64 Å². The third kappa shape index (κ3) is 1.92. The van der Waals surface area contributed by atoms with Gasteiger partial charge in [-0.2, -0.15) is 0 Å². The van der Waals surface area contributed by atoms with Gasteiger partial charge in [-0.25, -0.2) is 0 Å². The van der Waals surface area contributed by atoms with Crippen molar-refractivity contribution in [1.82, 2.24) is 0 Å². The molecule has 82 valence electrons. The lowest BCUT2D eigenvalue weighted by atomic mass is 10.1. The second-order valence-electron chi connectivity index (χ2n) is 3.65. The summed E-state index contributed by atoms with van der Waals surface area (Å²) in [6.07, 6.45) is 1.02. The molecule has 0 aromatic heterocycles. The van der Waals surface area contributed by atoms with Gasteiger partial charge in [0.2, 0.25) is 0 Å². The van der Waals surface area contributed by atoms with Crippen molar-refractivity contribution in [2.75, 3.05) is 31.2 Å². The van der Waals surface area contributed by atoms with E-state index >= 15 is 0 Å². The number of anilines is 1. The maximum atomic E-state index is 8.95. The topological polar surface area (TPSA) is 32.7 Å².